The van der Waals surface area contributed by atoms with Gasteiger partial charge in [-0.1, -0.05) is 0 Å². The summed E-state index contributed by atoms with van der Waals surface area (Å²) in [7, 11) is 0. The smallest absolute Gasteiger partial charge is 0.354 e. The number of carboxylic acid groups (broad SMARTS) is 1. The van der Waals surface area contributed by atoms with E-state index in [1.165, 1.54) is 13.0 Å². The molecule has 1 unspecified atom stereocenters. The van der Waals surface area contributed by atoms with Crippen molar-refractivity contribution in [2.75, 3.05) is 0 Å². The van der Waals surface area contributed by atoms with Crippen molar-refractivity contribution < 1.29 is 19.8 Å². The van der Waals surface area contributed by atoms with Gasteiger partial charge in [-0.05, 0) is 19.1 Å². The van der Waals surface area contributed by atoms with E-state index in [4.69, 9.17) is 10.8 Å². The van der Waals surface area contributed by atoms with Crippen molar-refractivity contribution >= 4 is 11.9 Å². The molecule has 6 heteroatoms. The number of nitrogens with zero attached hydrogens (tertiary/aromatic N) is 1. The number of hydrogen-bond donors (Lipinski definition) is 3. The van der Waals surface area contributed by atoms with Crippen LogP contribution in [0.5, 0.6) is 0 Å². The van der Waals surface area contributed by atoms with E-state index in [2.05, 4.69) is 4.98 Å². The first kappa shape index (κ1) is 11.1. The largest absolute Gasteiger partial charge is 0.477 e. The maximum absolute atomic E-state index is 10.9. The molecule has 1 aromatic heterocycles. The Labute approximate surface area is 85.4 Å². The van der Waals surface area contributed by atoms with Crippen LogP contribution in [0.1, 0.15) is 39.6 Å². The summed E-state index contributed by atoms with van der Waals surface area (Å²) < 4.78 is 0. The Balaban J connectivity index is 3.32. The summed E-state index contributed by atoms with van der Waals surface area (Å²) in [5, 5.41) is 17.9. The zero-order chi connectivity index (χ0) is 11.6. The molecular weight excluding hydrogens is 200 g/mol. The molecule has 1 amide bonds. The Morgan fingerprint density at radius 3 is 2.47 bits per heavy atom. The second-order valence-electron chi connectivity index (χ2n) is 3.01. The maximum Gasteiger partial charge on any atom is 0.354 e. The van der Waals surface area contributed by atoms with Crippen molar-refractivity contribution in [2.24, 2.45) is 5.73 Å². The summed E-state index contributed by atoms with van der Waals surface area (Å²) in [4.78, 5) is 25.2. The molecule has 1 heterocycles. The summed E-state index contributed by atoms with van der Waals surface area (Å²) in [6, 6.07) is 2.33. The molecule has 0 aromatic carbocycles. The van der Waals surface area contributed by atoms with Gasteiger partial charge in [0.05, 0.1) is 11.8 Å². The monoisotopic (exact) mass is 210 g/mol. The molecule has 0 bridgehead atoms. The van der Waals surface area contributed by atoms with Crippen molar-refractivity contribution in [3.8, 4) is 0 Å². The minimum atomic E-state index is -1.28. The lowest BCUT2D eigenvalue weighted by atomic mass is 10.1. The van der Waals surface area contributed by atoms with Crippen molar-refractivity contribution in [3.63, 3.8) is 0 Å². The highest BCUT2D eigenvalue weighted by atomic mass is 16.4. The van der Waals surface area contributed by atoms with Gasteiger partial charge in [-0.15, -0.1) is 0 Å². The number of pyridine rings is 1. The number of carboxylic acids is 1. The van der Waals surface area contributed by atoms with E-state index in [-0.39, 0.29) is 17.0 Å². The summed E-state index contributed by atoms with van der Waals surface area (Å²) in [6.07, 6.45) is -0.956. The minimum Gasteiger partial charge on any atom is -0.477 e. The van der Waals surface area contributed by atoms with Crippen LogP contribution in [0.25, 0.3) is 0 Å². The lowest BCUT2D eigenvalue weighted by Gasteiger charge is -2.06. The van der Waals surface area contributed by atoms with Crippen molar-refractivity contribution in [3.05, 3.63) is 29.1 Å². The minimum absolute atomic E-state index is 0.0123. The van der Waals surface area contributed by atoms with Gasteiger partial charge in [0, 0.05) is 5.56 Å². The van der Waals surface area contributed by atoms with Gasteiger partial charge in [-0.2, -0.15) is 0 Å². The Morgan fingerprint density at radius 1 is 1.47 bits per heavy atom. The molecule has 80 valence electrons. The van der Waals surface area contributed by atoms with Crippen LogP contribution >= 0.6 is 0 Å². The Bertz CT molecular complexity index is 382. The normalized spacial score (nSPS) is 12.1. The lowest BCUT2D eigenvalue weighted by molar-refractivity contribution is 0.0689. The van der Waals surface area contributed by atoms with Gasteiger partial charge in [0.25, 0.3) is 0 Å². The highest BCUT2D eigenvalue weighted by Gasteiger charge is 2.13. The second-order valence-corrected chi connectivity index (χ2v) is 3.01. The average Bonchev–Trinajstić information content (AvgIpc) is 2.16. The van der Waals surface area contributed by atoms with Crippen LogP contribution in [0.15, 0.2) is 12.1 Å². The molecule has 1 rings (SSSR count). The van der Waals surface area contributed by atoms with Gasteiger partial charge >= 0.3 is 5.97 Å². The fourth-order valence-electron chi connectivity index (χ4n) is 1.02. The molecule has 4 N–H and O–H groups in total. The summed E-state index contributed by atoms with van der Waals surface area (Å²) >= 11 is 0. The van der Waals surface area contributed by atoms with Crippen LogP contribution in [-0.2, 0) is 0 Å². The average molecular weight is 210 g/mol. The maximum atomic E-state index is 10.9. The zero-order valence-electron chi connectivity index (χ0n) is 7.97. The predicted octanol–water partition coefficient (Wildman–Crippen LogP) is -0.0680. The van der Waals surface area contributed by atoms with E-state index < -0.39 is 18.0 Å². The first-order valence-electron chi connectivity index (χ1n) is 4.15. The van der Waals surface area contributed by atoms with Gasteiger partial charge < -0.3 is 15.9 Å². The SMILES string of the molecule is CC(O)c1cc(C(N)=O)cc(C(=O)O)n1. The molecule has 15 heavy (non-hydrogen) atoms. The molecule has 0 spiro atoms. The van der Waals surface area contributed by atoms with Crippen LogP contribution < -0.4 is 5.73 Å². The van der Waals surface area contributed by atoms with E-state index >= 15 is 0 Å². The van der Waals surface area contributed by atoms with E-state index in [0.717, 1.165) is 6.07 Å². The number of aromatic nitrogens is 1. The third-order valence-corrected chi connectivity index (χ3v) is 1.78. The highest BCUT2D eigenvalue weighted by Crippen LogP contribution is 2.13. The first-order chi connectivity index (χ1) is 6.91. The van der Waals surface area contributed by atoms with Gasteiger partial charge in [0.1, 0.15) is 5.69 Å². The lowest BCUT2D eigenvalue weighted by Crippen LogP contribution is -2.15. The standard InChI is InChI=1S/C9H10N2O4/c1-4(12)6-2-5(8(10)13)3-7(11-6)9(14)15/h2-4,12H,1H3,(H2,10,13)(H,14,15). The number of hydrogen-bond acceptors (Lipinski definition) is 4. The Kier molecular flexibility index (Phi) is 3.01. The molecular formula is C9H10N2O4. The third kappa shape index (κ3) is 2.50. The highest BCUT2D eigenvalue weighted by molar-refractivity contribution is 5.95. The molecule has 0 fully saturated rings. The molecule has 0 aliphatic carbocycles. The van der Waals surface area contributed by atoms with Crippen LogP contribution in [0, 0.1) is 0 Å². The quantitative estimate of drug-likeness (QED) is 0.646. The molecule has 1 aromatic rings. The van der Waals surface area contributed by atoms with E-state index in [1.54, 1.807) is 0 Å². The predicted molar refractivity (Wildman–Crippen MR) is 50.3 cm³/mol. The number of carbonyl (C=O) groups is 2. The van der Waals surface area contributed by atoms with Gasteiger partial charge in [-0.25, -0.2) is 9.78 Å². The number of rotatable bonds is 3. The van der Waals surface area contributed by atoms with Gasteiger partial charge in [-0.3, -0.25) is 4.79 Å². The molecule has 6 nitrogen and oxygen atoms in total. The second kappa shape index (κ2) is 4.05. The van der Waals surface area contributed by atoms with Gasteiger partial charge in [0.2, 0.25) is 5.91 Å². The number of carbonyl (C=O) groups excluding carboxylic acids is 1. The van der Waals surface area contributed by atoms with Crippen LogP contribution in [-0.4, -0.2) is 27.1 Å². The van der Waals surface area contributed by atoms with Crippen LogP contribution in [0.2, 0.25) is 0 Å². The van der Waals surface area contributed by atoms with E-state index in [1.807, 2.05) is 0 Å². The topological polar surface area (TPSA) is 114 Å². The molecule has 0 aliphatic rings. The fourth-order valence-corrected chi connectivity index (χ4v) is 1.02. The number of aliphatic hydroxyl groups is 1. The number of aliphatic hydroxyl groups excluding tert-OH is 1. The fraction of sp³-hybridized carbons (Fsp3) is 0.222. The third-order valence-electron chi connectivity index (χ3n) is 1.78. The number of aromatic carboxylic acids is 1. The first-order valence-corrected chi connectivity index (χ1v) is 4.15. The van der Waals surface area contributed by atoms with Crippen LogP contribution in [0.4, 0.5) is 0 Å². The van der Waals surface area contributed by atoms with Crippen LogP contribution in [0.3, 0.4) is 0 Å². The van der Waals surface area contributed by atoms with Crippen molar-refractivity contribution in [1.82, 2.24) is 4.98 Å². The van der Waals surface area contributed by atoms with Crippen molar-refractivity contribution in [1.29, 1.82) is 0 Å². The number of nitrogens with two attached hydrogens (primary N) is 1. The molecule has 0 aliphatic heterocycles. The van der Waals surface area contributed by atoms with Gasteiger partial charge in [0.15, 0.2) is 0 Å². The zero-order valence-corrected chi connectivity index (χ0v) is 7.97. The Morgan fingerprint density at radius 2 is 2.07 bits per heavy atom. The molecule has 0 saturated heterocycles. The molecule has 1 atom stereocenters. The summed E-state index contributed by atoms with van der Waals surface area (Å²) in [6.45, 7) is 1.42. The number of amides is 1. The van der Waals surface area contributed by atoms with Crippen molar-refractivity contribution in [2.45, 2.75) is 13.0 Å². The van der Waals surface area contributed by atoms with E-state index in [9.17, 15) is 14.7 Å². The molecule has 0 radical (unpaired) electrons. The summed E-state index contributed by atoms with van der Waals surface area (Å²) in [5.41, 5.74) is 4.81. The molecule has 0 saturated carbocycles. The van der Waals surface area contributed by atoms with E-state index in [0.29, 0.717) is 0 Å². The Hall–Kier alpha value is -1.95. The number of primary amides is 1. The summed E-state index contributed by atoms with van der Waals surface area (Å²) in [5.74, 6) is -2.04.